The lowest BCUT2D eigenvalue weighted by Crippen LogP contribution is -2.28. The molecule has 3 rings (SSSR count). The van der Waals surface area contributed by atoms with Crippen LogP contribution in [0.4, 0.5) is 0 Å². The largest absolute Gasteiger partial charge is 0.457 e. The number of nitrogens with zero attached hydrogens (tertiary/aromatic N) is 1. The summed E-state index contributed by atoms with van der Waals surface area (Å²) < 4.78 is 6.38. The molecule has 2 aromatic rings. The Hall–Kier alpha value is -1.27. The van der Waals surface area contributed by atoms with Crippen molar-refractivity contribution in [2.45, 2.75) is 13.3 Å². The van der Waals surface area contributed by atoms with E-state index in [0.29, 0.717) is 42.9 Å². The molecule has 124 valence electrons. The zero-order valence-corrected chi connectivity index (χ0v) is 15.9. The van der Waals surface area contributed by atoms with Gasteiger partial charge in [-0.1, -0.05) is 54.1 Å². The molecule has 0 N–H and O–H groups in total. The van der Waals surface area contributed by atoms with Gasteiger partial charge in [-0.15, -0.1) is 0 Å². The normalized spacial score (nSPS) is 16.5. The van der Waals surface area contributed by atoms with Crippen LogP contribution in [0.2, 0.25) is 10.0 Å². The summed E-state index contributed by atoms with van der Waals surface area (Å²) in [6.07, 6.45) is 2.56. The number of thioether (sulfide) groups is 1. The number of carbonyl (C=O) groups excluding carboxylic acids is 1. The Morgan fingerprint density at radius 1 is 1.29 bits per heavy atom. The highest BCUT2D eigenvalue weighted by Gasteiger charge is 2.31. The molecule has 0 spiro atoms. The third-order valence-corrected chi connectivity index (χ3v) is 5.36. The fourth-order valence-corrected chi connectivity index (χ4v) is 3.98. The molecule has 1 aromatic heterocycles. The van der Waals surface area contributed by atoms with E-state index in [-0.39, 0.29) is 5.91 Å². The number of hydrogen-bond acceptors (Lipinski definition) is 4. The van der Waals surface area contributed by atoms with Gasteiger partial charge in [0, 0.05) is 23.2 Å². The molecule has 0 atom stereocenters. The lowest BCUT2D eigenvalue weighted by Gasteiger charge is -2.11. The van der Waals surface area contributed by atoms with Gasteiger partial charge in [-0.05, 0) is 36.8 Å². The van der Waals surface area contributed by atoms with E-state index in [1.54, 1.807) is 41.3 Å². The first kappa shape index (κ1) is 17.5. The van der Waals surface area contributed by atoms with Crippen molar-refractivity contribution < 1.29 is 9.21 Å². The van der Waals surface area contributed by atoms with Gasteiger partial charge >= 0.3 is 0 Å². The molecule has 24 heavy (non-hydrogen) atoms. The van der Waals surface area contributed by atoms with E-state index < -0.39 is 0 Å². The molecule has 0 saturated carbocycles. The molecule has 1 saturated heterocycles. The average molecular weight is 398 g/mol. The maximum atomic E-state index is 12.4. The molecule has 0 unspecified atom stereocenters. The number of furan rings is 1. The van der Waals surface area contributed by atoms with Crippen molar-refractivity contribution in [1.82, 2.24) is 4.90 Å². The fraction of sp³-hybridized carbons (Fsp3) is 0.176. The van der Waals surface area contributed by atoms with Gasteiger partial charge in [-0.2, -0.15) is 0 Å². The quantitative estimate of drug-likeness (QED) is 0.477. The van der Waals surface area contributed by atoms with E-state index in [0.717, 1.165) is 6.42 Å². The molecule has 2 heterocycles. The second-order valence-electron chi connectivity index (χ2n) is 5.16. The Bertz CT molecular complexity index is 845. The number of hydrogen-bond donors (Lipinski definition) is 0. The molecule has 3 nitrogen and oxygen atoms in total. The summed E-state index contributed by atoms with van der Waals surface area (Å²) in [6, 6.07) is 8.77. The van der Waals surface area contributed by atoms with E-state index in [2.05, 4.69) is 0 Å². The van der Waals surface area contributed by atoms with Crippen LogP contribution < -0.4 is 0 Å². The zero-order valence-electron chi connectivity index (χ0n) is 12.7. The molecule has 1 fully saturated rings. The monoisotopic (exact) mass is 397 g/mol. The summed E-state index contributed by atoms with van der Waals surface area (Å²) in [7, 11) is 0. The van der Waals surface area contributed by atoms with E-state index in [9.17, 15) is 4.79 Å². The van der Waals surface area contributed by atoms with Gasteiger partial charge in [0.05, 0.1) is 9.93 Å². The molecule has 1 aliphatic rings. The lowest BCUT2D eigenvalue weighted by atomic mass is 10.2. The van der Waals surface area contributed by atoms with Crippen LogP contribution in [0.25, 0.3) is 17.4 Å². The van der Waals surface area contributed by atoms with Crippen molar-refractivity contribution in [3.63, 3.8) is 0 Å². The van der Waals surface area contributed by atoms with E-state index in [4.69, 9.17) is 39.8 Å². The fourth-order valence-electron chi connectivity index (χ4n) is 2.31. The van der Waals surface area contributed by atoms with Crippen LogP contribution in [0.3, 0.4) is 0 Å². The zero-order chi connectivity index (χ0) is 17.3. The summed E-state index contributed by atoms with van der Waals surface area (Å²) in [5.41, 5.74) is 0.711. The van der Waals surface area contributed by atoms with Crippen LogP contribution in [0.15, 0.2) is 39.7 Å². The molecule has 0 aliphatic carbocycles. The smallest absolute Gasteiger partial charge is 0.266 e. The summed E-state index contributed by atoms with van der Waals surface area (Å²) in [5, 5.41) is 1.13. The van der Waals surface area contributed by atoms with Crippen LogP contribution in [0.5, 0.6) is 0 Å². The van der Waals surface area contributed by atoms with Crippen LogP contribution in [-0.2, 0) is 4.79 Å². The van der Waals surface area contributed by atoms with Gasteiger partial charge in [0.1, 0.15) is 15.8 Å². The van der Waals surface area contributed by atoms with E-state index in [1.165, 1.54) is 11.8 Å². The van der Waals surface area contributed by atoms with Crippen molar-refractivity contribution in [2.75, 3.05) is 6.54 Å². The SMILES string of the molecule is CCCN1C(=O)C(=Cc2ccc(-c3cc(Cl)ccc3Cl)o2)SC1=S. The third-order valence-electron chi connectivity index (χ3n) is 3.41. The minimum atomic E-state index is -0.0782. The Morgan fingerprint density at radius 2 is 2.08 bits per heavy atom. The predicted molar refractivity (Wildman–Crippen MR) is 104 cm³/mol. The van der Waals surface area contributed by atoms with Gasteiger partial charge in [0.25, 0.3) is 5.91 Å². The van der Waals surface area contributed by atoms with Gasteiger partial charge < -0.3 is 4.42 Å². The van der Waals surface area contributed by atoms with Crippen LogP contribution in [0, 0.1) is 0 Å². The number of halogens is 2. The maximum absolute atomic E-state index is 12.4. The van der Waals surface area contributed by atoms with Crippen molar-refractivity contribution in [2.24, 2.45) is 0 Å². The summed E-state index contributed by atoms with van der Waals surface area (Å²) in [4.78, 5) is 14.5. The highest BCUT2D eigenvalue weighted by molar-refractivity contribution is 8.26. The molecule has 7 heteroatoms. The first-order chi connectivity index (χ1) is 11.5. The van der Waals surface area contributed by atoms with Gasteiger partial charge in [0.2, 0.25) is 0 Å². The summed E-state index contributed by atoms with van der Waals surface area (Å²) >= 11 is 18.7. The first-order valence-electron chi connectivity index (χ1n) is 7.30. The van der Waals surface area contributed by atoms with Gasteiger partial charge in [-0.25, -0.2) is 0 Å². The highest BCUT2D eigenvalue weighted by Crippen LogP contribution is 2.35. The van der Waals surface area contributed by atoms with Crippen LogP contribution in [0.1, 0.15) is 19.1 Å². The minimum absolute atomic E-state index is 0.0782. The van der Waals surface area contributed by atoms with Gasteiger partial charge in [-0.3, -0.25) is 9.69 Å². The maximum Gasteiger partial charge on any atom is 0.266 e. The minimum Gasteiger partial charge on any atom is -0.457 e. The molecule has 1 amide bonds. The molecule has 1 aromatic carbocycles. The van der Waals surface area contributed by atoms with E-state index >= 15 is 0 Å². The first-order valence-corrected chi connectivity index (χ1v) is 9.28. The number of amides is 1. The molecule has 1 aliphatic heterocycles. The Labute approximate surface area is 159 Å². The summed E-state index contributed by atoms with van der Waals surface area (Å²) in [5.74, 6) is 1.08. The molecular weight excluding hydrogens is 385 g/mol. The van der Waals surface area contributed by atoms with Crippen LogP contribution >= 0.6 is 47.2 Å². The predicted octanol–water partition coefficient (Wildman–Crippen LogP) is 5.86. The van der Waals surface area contributed by atoms with Crippen LogP contribution in [-0.4, -0.2) is 21.7 Å². The topological polar surface area (TPSA) is 33.5 Å². The molecular formula is C17H13Cl2NO2S2. The second kappa shape index (κ2) is 7.31. The van der Waals surface area contributed by atoms with Crippen molar-refractivity contribution >= 4 is 63.5 Å². The molecule has 0 radical (unpaired) electrons. The number of carbonyl (C=O) groups is 1. The Morgan fingerprint density at radius 3 is 2.83 bits per heavy atom. The molecule has 0 bridgehead atoms. The Kier molecular flexibility index (Phi) is 5.35. The number of thiocarbonyl (C=S) groups is 1. The van der Waals surface area contributed by atoms with Gasteiger partial charge in [0.15, 0.2) is 0 Å². The van der Waals surface area contributed by atoms with E-state index in [1.807, 2.05) is 6.92 Å². The summed E-state index contributed by atoms with van der Waals surface area (Å²) in [6.45, 7) is 2.64. The average Bonchev–Trinajstić information content (AvgIpc) is 3.11. The lowest BCUT2D eigenvalue weighted by molar-refractivity contribution is -0.122. The standard InChI is InChI=1S/C17H13Cl2NO2S2/c1-2-7-20-16(21)15(24-17(20)23)9-11-4-6-14(22-11)12-8-10(18)3-5-13(12)19/h3-6,8-9H,2,7H2,1H3. The Balaban J connectivity index is 1.88. The number of benzene rings is 1. The van der Waals surface area contributed by atoms with Crippen molar-refractivity contribution in [3.8, 4) is 11.3 Å². The third kappa shape index (κ3) is 3.54. The van der Waals surface area contributed by atoms with Crippen molar-refractivity contribution in [3.05, 3.63) is 51.0 Å². The number of rotatable bonds is 4. The highest BCUT2D eigenvalue weighted by atomic mass is 35.5. The second-order valence-corrected chi connectivity index (χ2v) is 7.68. The van der Waals surface area contributed by atoms with Crippen molar-refractivity contribution in [1.29, 1.82) is 0 Å².